The molecule has 6 heteroatoms. The van der Waals surface area contributed by atoms with Gasteiger partial charge in [0.15, 0.2) is 5.82 Å². The number of rotatable bonds is 6. The topological polar surface area (TPSA) is 47.4 Å². The zero-order chi connectivity index (χ0) is 14.5. The van der Waals surface area contributed by atoms with Gasteiger partial charge < -0.3 is 14.2 Å². The molecule has 1 rings (SSSR count). The number of alkyl halides is 1. The minimum absolute atomic E-state index is 0.101. The zero-order valence-corrected chi connectivity index (χ0v) is 12.8. The molecular weight excluding hydrogens is 266 g/mol. The standard InChI is InChI=1S/C13H22ClN3O2/c1-13(2,3)17-8-6-15-11(12(17)18)16(7-5-14)9-10-19-4/h6,8H,5,7,9-10H2,1-4H3. The number of anilines is 1. The number of nitrogens with zero attached hydrogens (tertiary/aromatic N) is 3. The average molecular weight is 288 g/mol. The molecule has 0 saturated heterocycles. The van der Waals surface area contributed by atoms with Gasteiger partial charge in [-0.25, -0.2) is 4.98 Å². The Morgan fingerprint density at radius 3 is 2.63 bits per heavy atom. The highest BCUT2D eigenvalue weighted by atomic mass is 35.5. The van der Waals surface area contributed by atoms with Crippen LogP contribution in [0.2, 0.25) is 0 Å². The fourth-order valence-corrected chi connectivity index (χ4v) is 1.98. The molecule has 1 aromatic rings. The maximum atomic E-state index is 12.5. The van der Waals surface area contributed by atoms with Crippen molar-refractivity contribution in [2.75, 3.05) is 37.6 Å². The maximum Gasteiger partial charge on any atom is 0.293 e. The van der Waals surface area contributed by atoms with Crippen LogP contribution in [-0.2, 0) is 10.3 Å². The molecule has 0 aromatic carbocycles. The molecule has 1 heterocycles. The number of halogens is 1. The molecule has 0 aliphatic heterocycles. The predicted octanol–water partition coefficient (Wildman–Crippen LogP) is 1.69. The van der Waals surface area contributed by atoms with Gasteiger partial charge in [-0.3, -0.25) is 4.79 Å². The Kier molecular flexibility index (Phi) is 5.82. The summed E-state index contributed by atoms with van der Waals surface area (Å²) in [5.41, 5.74) is -0.376. The van der Waals surface area contributed by atoms with Crippen LogP contribution in [-0.4, -0.2) is 42.2 Å². The van der Waals surface area contributed by atoms with Crippen LogP contribution in [0, 0.1) is 0 Å². The summed E-state index contributed by atoms with van der Waals surface area (Å²) in [5, 5.41) is 0. The summed E-state index contributed by atoms with van der Waals surface area (Å²) in [5.74, 6) is 0.866. The predicted molar refractivity (Wildman–Crippen MR) is 78.3 cm³/mol. The first-order valence-corrected chi connectivity index (χ1v) is 6.83. The SMILES string of the molecule is COCCN(CCCl)c1nccn(C(C)(C)C)c1=O. The molecule has 0 aliphatic carbocycles. The minimum atomic E-state index is -0.275. The van der Waals surface area contributed by atoms with Gasteiger partial charge in [-0.2, -0.15) is 0 Å². The first kappa shape index (κ1) is 16.0. The summed E-state index contributed by atoms with van der Waals surface area (Å²) in [6.07, 6.45) is 3.36. The molecule has 0 N–H and O–H groups in total. The number of hydrogen-bond acceptors (Lipinski definition) is 4. The lowest BCUT2D eigenvalue weighted by Gasteiger charge is -2.26. The van der Waals surface area contributed by atoms with E-state index in [2.05, 4.69) is 4.98 Å². The number of aromatic nitrogens is 2. The van der Waals surface area contributed by atoms with Crippen LogP contribution in [0.5, 0.6) is 0 Å². The number of ether oxygens (including phenoxy) is 1. The van der Waals surface area contributed by atoms with Gasteiger partial charge in [-0.1, -0.05) is 0 Å². The van der Waals surface area contributed by atoms with Crippen molar-refractivity contribution < 1.29 is 4.74 Å². The van der Waals surface area contributed by atoms with Gasteiger partial charge in [0.1, 0.15) is 0 Å². The molecule has 0 bridgehead atoms. The van der Waals surface area contributed by atoms with E-state index >= 15 is 0 Å². The van der Waals surface area contributed by atoms with Gasteiger partial charge >= 0.3 is 0 Å². The Labute approximate surface area is 119 Å². The summed E-state index contributed by atoms with van der Waals surface area (Å²) >= 11 is 5.79. The Balaban J connectivity index is 3.13. The third kappa shape index (κ3) is 4.21. The van der Waals surface area contributed by atoms with Crippen LogP contribution < -0.4 is 10.5 Å². The summed E-state index contributed by atoms with van der Waals surface area (Å²) in [4.78, 5) is 18.5. The molecule has 0 saturated carbocycles. The molecule has 108 valence electrons. The Morgan fingerprint density at radius 1 is 1.42 bits per heavy atom. The molecular formula is C13H22ClN3O2. The molecule has 19 heavy (non-hydrogen) atoms. The van der Waals surface area contributed by atoms with Gasteiger partial charge in [-0.05, 0) is 20.8 Å². The van der Waals surface area contributed by atoms with Crippen molar-refractivity contribution in [1.29, 1.82) is 0 Å². The largest absolute Gasteiger partial charge is 0.383 e. The molecule has 0 spiro atoms. The highest BCUT2D eigenvalue weighted by Gasteiger charge is 2.19. The number of methoxy groups -OCH3 is 1. The second kappa shape index (κ2) is 6.91. The number of hydrogen-bond donors (Lipinski definition) is 0. The quantitative estimate of drug-likeness (QED) is 0.747. The minimum Gasteiger partial charge on any atom is -0.383 e. The normalized spacial score (nSPS) is 11.6. The molecule has 0 radical (unpaired) electrons. The van der Waals surface area contributed by atoms with Crippen molar-refractivity contribution in [3.63, 3.8) is 0 Å². The molecule has 0 atom stereocenters. The second-order valence-electron chi connectivity index (χ2n) is 5.27. The van der Waals surface area contributed by atoms with Gasteiger partial charge in [0.2, 0.25) is 0 Å². The third-order valence-electron chi connectivity index (χ3n) is 2.76. The van der Waals surface area contributed by atoms with Crippen LogP contribution in [0.1, 0.15) is 20.8 Å². The Bertz CT molecular complexity index is 454. The summed E-state index contributed by atoms with van der Waals surface area (Å²) in [6.45, 7) is 7.65. The van der Waals surface area contributed by atoms with E-state index in [1.165, 1.54) is 0 Å². The highest BCUT2D eigenvalue weighted by Crippen LogP contribution is 2.12. The first-order valence-electron chi connectivity index (χ1n) is 6.29. The second-order valence-corrected chi connectivity index (χ2v) is 5.64. The highest BCUT2D eigenvalue weighted by molar-refractivity contribution is 6.18. The molecule has 0 fully saturated rings. The van der Waals surface area contributed by atoms with Gasteiger partial charge in [0, 0.05) is 44.0 Å². The Morgan fingerprint density at radius 2 is 2.11 bits per heavy atom. The lowest BCUT2D eigenvalue weighted by molar-refractivity contribution is 0.205. The van der Waals surface area contributed by atoms with E-state index in [0.29, 0.717) is 31.4 Å². The van der Waals surface area contributed by atoms with Crippen LogP contribution in [0.3, 0.4) is 0 Å². The molecule has 0 amide bonds. The molecule has 0 unspecified atom stereocenters. The van der Waals surface area contributed by atoms with E-state index in [4.69, 9.17) is 16.3 Å². The van der Waals surface area contributed by atoms with Crippen molar-refractivity contribution in [3.05, 3.63) is 22.7 Å². The average Bonchev–Trinajstić information content (AvgIpc) is 2.33. The fourth-order valence-electron chi connectivity index (χ4n) is 1.77. The first-order chi connectivity index (χ1) is 8.91. The lowest BCUT2D eigenvalue weighted by atomic mass is 10.1. The zero-order valence-electron chi connectivity index (χ0n) is 12.0. The summed E-state index contributed by atoms with van der Waals surface area (Å²) < 4.78 is 6.74. The van der Waals surface area contributed by atoms with Crippen LogP contribution in [0.25, 0.3) is 0 Å². The lowest BCUT2D eigenvalue weighted by Crippen LogP contribution is -2.40. The maximum absolute atomic E-state index is 12.5. The monoisotopic (exact) mass is 287 g/mol. The van der Waals surface area contributed by atoms with E-state index < -0.39 is 0 Å². The molecule has 0 aliphatic rings. The van der Waals surface area contributed by atoms with E-state index in [0.717, 1.165) is 0 Å². The van der Waals surface area contributed by atoms with Crippen molar-refractivity contribution in [2.45, 2.75) is 26.3 Å². The van der Waals surface area contributed by atoms with E-state index in [-0.39, 0.29) is 11.1 Å². The van der Waals surface area contributed by atoms with Crippen molar-refractivity contribution in [3.8, 4) is 0 Å². The van der Waals surface area contributed by atoms with Gasteiger partial charge in [-0.15, -0.1) is 11.6 Å². The third-order valence-corrected chi connectivity index (χ3v) is 2.93. The fraction of sp³-hybridized carbons (Fsp3) is 0.692. The van der Waals surface area contributed by atoms with Crippen LogP contribution >= 0.6 is 11.6 Å². The molecule has 5 nitrogen and oxygen atoms in total. The van der Waals surface area contributed by atoms with Crippen LogP contribution in [0.15, 0.2) is 17.2 Å². The van der Waals surface area contributed by atoms with Gasteiger partial charge in [0.25, 0.3) is 5.56 Å². The van der Waals surface area contributed by atoms with Crippen LogP contribution in [0.4, 0.5) is 5.82 Å². The van der Waals surface area contributed by atoms with Gasteiger partial charge in [0.05, 0.1) is 6.61 Å². The smallest absolute Gasteiger partial charge is 0.293 e. The molecule has 1 aromatic heterocycles. The summed E-state index contributed by atoms with van der Waals surface area (Å²) in [7, 11) is 1.63. The van der Waals surface area contributed by atoms with Crippen molar-refractivity contribution in [1.82, 2.24) is 9.55 Å². The summed E-state index contributed by atoms with van der Waals surface area (Å²) in [6, 6.07) is 0. The van der Waals surface area contributed by atoms with Crippen molar-refractivity contribution >= 4 is 17.4 Å². The van der Waals surface area contributed by atoms with E-state index in [9.17, 15) is 4.79 Å². The van der Waals surface area contributed by atoms with E-state index in [1.807, 2.05) is 25.7 Å². The van der Waals surface area contributed by atoms with E-state index in [1.54, 1.807) is 24.1 Å². The van der Waals surface area contributed by atoms with Crippen molar-refractivity contribution in [2.24, 2.45) is 0 Å². The Hall–Kier alpha value is -1.07.